The van der Waals surface area contributed by atoms with Crippen LogP contribution in [0.5, 0.6) is 0 Å². The summed E-state index contributed by atoms with van der Waals surface area (Å²) >= 11 is 0. The van der Waals surface area contributed by atoms with Gasteiger partial charge in [0, 0.05) is 12.4 Å². The molecule has 0 N–H and O–H groups in total. The normalized spacial score (nSPS) is 16.9. The van der Waals surface area contributed by atoms with Gasteiger partial charge in [-0.3, -0.25) is 9.78 Å². The smallest absolute Gasteiger partial charge is 0.306 e. The fraction of sp³-hybridized carbons (Fsp3) is 0.538. The van der Waals surface area contributed by atoms with E-state index in [1.165, 1.54) is 7.11 Å². The van der Waals surface area contributed by atoms with Crippen molar-refractivity contribution in [3.63, 3.8) is 0 Å². The van der Waals surface area contributed by atoms with E-state index in [9.17, 15) is 13.2 Å². The predicted octanol–water partition coefficient (Wildman–Crippen LogP) is 1.34. The Hall–Kier alpha value is -1.43. The fourth-order valence-corrected chi connectivity index (χ4v) is 4.30. The highest BCUT2D eigenvalue weighted by Crippen LogP contribution is 2.50. The van der Waals surface area contributed by atoms with Crippen molar-refractivity contribution in [3.8, 4) is 0 Å². The average molecular weight is 283 g/mol. The average Bonchev–Trinajstić information content (AvgIpc) is 3.08. The molecule has 0 aromatic carbocycles. The molecule has 1 aromatic rings. The molecule has 1 aliphatic carbocycles. The van der Waals surface area contributed by atoms with E-state index in [0.717, 1.165) is 18.4 Å². The summed E-state index contributed by atoms with van der Waals surface area (Å²) in [4.78, 5) is 15.1. The van der Waals surface area contributed by atoms with Gasteiger partial charge in [-0.15, -0.1) is 0 Å². The second-order valence-corrected chi connectivity index (χ2v) is 7.21. The number of methoxy groups -OCH3 is 1. The number of carbonyl (C=O) groups excluding carboxylic acids is 1. The molecule has 0 radical (unpaired) electrons. The van der Waals surface area contributed by atoms with Gasteiger partial charge in [0.1, 0.15) is 0 Å². The Bertz CT molecular complexity index is 549. The van der Waals surface area contributed by atoms with E-state index in [-0.39, 0.29) is 29.3 Å². The molecule has 1 aromatic heterocycles. The number of ether oxygens (including phenoxy) is 1. The molecule has 0 unspecified atom stereocenters. The Morgan fingerprint density at radius 1 is 1.37 bits per heavy atom. The lowest BCUT2D eigenvalue weighted by molar-refractivity contribution is -0.141. The van der Waals surface area contributed by atoms with Crippen molar-refractivity contribution in [3.05, 3.63) is 30.1 Å². The second kappa shape index (κ2) is 5.28. The molecule has 2 rings (SSSR count). The van der Waals surface area contributed by atoms with E-state index in [1.807, 2.05) is 0 Å². The Balaban J connectivity index is 2.00. The van der Waals surface area contributed by atoms with Gasteiger partial charge in [-0.25, -0.2) is 8.42 Å². The quantitative estimate of drug-likeness (QED) is 0.737. The van der Waals surface area contributed by atoms with E-state index in [2.05, 4.69) is 9.72 Å². The molecule has 0 aliphatic heterocycles. The first-order valence-electron chi connectivity index (χ1n) is 6.11. The van der Waals surface area contributed by atoms with Crippen molar-refractivity contribution < 1.29 is 17.9 Å². The molecule has 0 atom stereocenters. The van der Waals surface area contributed by atoms with Crippen LogP contribution in [0.2, 0.25) is 0 Å². The van der Waals surface area contributed by atoms with Crippen LogP contribution in [-0.4, -0.2) is 32.2 Å². The van der Waals surface area contributed by atoms with E-state index in [1.54, 1.807) is 24.5 Å². The van der Waals surface area contributed by atoms with E-state index in [0.29, 0.717) is 0 Å². The number of aromatic nitrogens is 1. The van der Waals surface area contributed by atoms with Gasteiger partial charge >= 0.3 is 5.97 Å². The lowest BCUT2D eigenvalue weighted by atomic mass is 10.1. The second-order valence-electron chi connectivity index (χ2n) is 5.14. The molecule has 1 saturated carbocycles. The van der Waals surface area contributed by atoms with Crippen LogP contribution in [0.3, 0.4) is 0 Å². The van der Waals surface area contributed by atoms with Crippen molar-refractivity contribution in [2.45, 2.75) is 25.0 Å². The number of nitrogens with zero attached hydrogens (tertiary/aromatic N) is 1. The van der Waals surface area contributed by atoms with Gasteiger partial charge in [-0.05, 0) is 36.0 Å². The minimum atomic E-state index is -3.22. The van der Waals surface area contributed by atoms with Crippen molar-refractivity contribution in [2.24, 2.45) is 5.41 Å². The Labute approximate surface area is 112 Å². The molecule has 6 heteroatoms. The Morgan fingerprint density at radius 2 is 2.00 bits per heavy atom. The van der Waals surface area contributed by atoms with Crippen LogP contribution >= 0.6 is 0 Å². The van der Waals surface area contributed by atoms with Gasteiger partial charge in [-0.2, -0.15) is 0 Å². The van der Waals surface area contributed by atoms with E-state index in [4.69, 9.17) is 0 Å². The standard InChI is InChI=1S/C13H17NO4S/c1-18-12(15)8-13(4-5-13)10-19(16,17)9-11-2-6-14-7-3-11/h2-3,6-7H,4-5,8-10H2,1H3. The topological polar surface area (TPSA) is 73.3 Å². The summed E-state index contributed by atoms with van der Waals surface area (Å²) in [5.74, 6) is -0.285. The molecule has 0 saturated heterocycles. The molecule has 19 heavy (non-hydrogen) atoms. The SMILES string of the molecule is COC(=O)CC1(CS(=O)(=O)Cc2ccncc2)CC1. The highest BCUT2D eigenvalue weighted by Gasteiger charge is 2.47. The highest BCUT2D eigenvalue weighted by atomic mass is 32.2. The van der Waals surface area contributed by atoms with Gasteiger partial charge in [0.25, 0.3) is 0 Å². The fourth-order valence-electron chi connectivity index (χ4n) is 2.18. The minimum absolute atomic E-state index is 0.00155. The summed E-state index contributed by atoms with van der Waals surface area (Å²) in [6.07, 6.45) is 4.90. The van der Waals surface area contributed by atoms with E-state index >= 15 is 0 Å². The molecule has 0 amide bonds. The molecule has 1 fully saturated rings. The minimum Gasteiger partial charge on any atom is -0.469 e. The number of sulfone groups is 1. The third-order valence-electron chi connectivity index (χ3n) is 3.37. The van der Waals surface area contributed by atoms with Gasteiger partial charge < -0.3 is 4.74 Å². The van der Waals surface area contributed by atoms with Gasteiger partial charge in [-0.1, -0.05) is 0 Å². The maximum Gasteiger partial charge on any atom is 0.306 e. The van der Waals surface area contributed by atoms with Crippen LogP contribution in [0.15, 0.2) is 24.5 Å². The molecular formula is C13H17NO4S. The number of pyridine rings is 1. The Morgan fingerprint density at radius 3 is 2.53 bits per heavy atom. The van der Waals surface area contributed by atoms with Gasteiger partial charge in [0.05, 0.1) is 25.0 Å². The lowest BCUT2D eigenvalue weighted by Gasteiger charge is -2.13. The highest BCUT2D eigenvalue weighted by molar-refractivity contribution is 7.90. The van der Waals surface area contributed by atoms with Crippen LogP contribution in [0.25, 0.3) is 0 Å². The zero-order chi connectivity index (χ0) is 13.9. The summed E-state index contributed by atoms with van der Waals surface area (Å²) in [5.41, 5.74) is 0.336. The Kier molecular flexibility index (Phi) is 3.89. The number of rotatable bonds is 6. The zero-order valence-electron chi connectivity index (χ0n) is 10.8. The maximum absolute atomic E-state index is 12.2. The maximum atomic E-state index is 12.2. The molecule has 5 nitrogen and oxygen atoms in total. The summed E-state index contributed by atoms with van der Waals surface area (Å²) in [5, 5.41) is 0. The third-order valence-corrected chi connectivity index (χ3v) is 5.19. The molecule has 0 spiro atoms. The number of carbonyl (C=O) groups is 1. The third kappa shape index (κ3) is 4.02. The van der Waals surface area contributed by atoms with Crippen molar-refractivity contribution in [1.29, 1.82) is 0 Å². The number of hydrogen-bond acceptors (Lipinski definition) is 5. The first-order valence-corrected chi connectivity index (χ1v) is 7.93. The summed E-state index contributed by atoms with van der Waals surface area (Å²) < 4.78 is 28.9. The van der Waals surface area contributed by atoms with Crippen molar-refractivity contribution in [1.82, 2.24) is 4.98 Å². The monoisotopic (exact) mass is 283 g/mol. The van der Waals surface area contributed by atoms with Crippen LogP contribution in [0.1, 0.15) is 24.8 Å². The van der Waals surface area contributed by atoms with Crippen LogP contribution in [0.4, 0.5) is 0 Å². The molecular weight excluding hydrogens is 266 g/mol. The van der Waals surface area contributed by atoms with Crippen LogP contribution in [0, 0.1) is 5.41 Å². The summed E-state index contributed by atoms with van der Waals surface area (Å²) in [7, 11) is -1.90. The first kappa shape index (κ1) is 14.0. The molecule has 1 aliphatic rings. The molecule has 104 valence electrons. The van der Waals surface area contributed by atoms with Gasteiger partial charge in [0.15, 0.2) is 9.84 Å². The van der Waals surface area contributed by atoms with Crippen LogP contribution < -0.4 is 0 Å². The van der Waals surface area contributed by atoms with Crippen molar-refractivity contribution >= 4 is 15.8 Å². The summed E-state index contributed by atoms with van der Waals surface area (Å²) in [6, 6.07) is 3.38. The largest absolute Gasteiger partial charge is 0.469 e. The zero-order valence-corrected chi connectivity index (χ0v) is 11.6. The number of esters is 1. The summed E-state index contributed by atoms with van der Waals surface area (Å²) in [6.45, 7) is 0. The van der Waals surface area contributed by atoms with E-state index < -0.39 is 9.84 Å². The molecule has 0 bridgehead atoms. The van der Waals surface area contributed by atoms with Crippen molar-refractivity contribution in [2.75, 3.05) is 12.9 Å². The lowest BCUT2D eigenvalue weighted by Crippen LogP contribution is -2.22. The van der Waals surface area contributed by atoms with Crippen LogP contribution in [-0.2, 0) is 25.1 Å². The molecule has 1 heterocycles. The predicted molar refractivity (Wildman–Crippen MR) is 70.0 cm³/mol. The number of hydrogen-bond donors (Lipinski definition) is 0. The first-order chi connectivity index (χ1) is 8.95. The van der Waals surface area contributed by atoms with Gasteiger partial charge in [0.2, 0.25) is 0 Å².